The Hall–Kier alpha value is -2.53. The normalized spacial score (nSPS) is 11.7. The van der Waals surface area contributed by atoms with Crippen molar-refractivity contribution in [3.8, 4) is 6.07 Å². The molecule has 0 saturated carbocycles. The number of aromatic nitrogens is 1. The van der Waals surface area contributed by atoms with Crippen molar-refractivity contribution < 1.29 is 9.90 Å². The molecule has 0 aliphatic rings. The fourth-order valence-corrected chi connectivity index (χ4v) is 4.06. The van der Waals surface area contributed by atoms with E-state index in [0.29, 0.717) is 15.7 Å². The van der Waals surface area contributed by atoms with Crippen LogP contribution >= 0.6 is 34.7 Å². The van der Waals surface area contributed by atoms with Crippen LogP contribution < -0.4 is 5.32 Å². The van der Waals surface area contributed by atoms with Gasteiger partial charge in [-0.15, -0.1) is 23.1 Å². The van der Waals surface area contributed by atoms with Gasteiger partial charge in [0.15, 0.2) is 0 Å². The Morgan fingerprint density at radius 2 is 1.96 bits per heavy atom. The molecule has 5 nitrogen and oxygen atoms in total. The number of para-hydroxylation sites is 1. The van der Waals surface area contributed by atoms with Crippen molar-refractivity contribution in [1.82, 2.24) is 4.98 Å². The average molecular weight is 416 g/mol. The molecular formula is C19H14ClN3O2S2. The van der Waals surface area contributed by atoms with E-state index in [2.05, 4.69) is 10.3 Å². The molecule has 0 fully saturated rings. The molecule has 0 radical (unpaired) electrons. The topological polar surface area (TPSA) is 86.0 Å². The number of nitrogens with one attached hydrogen (secondary N) is 1. The van der Waals surface area contributed by atoms with Crippen LogP contribution in [0.25, 0.3) is 15.8 Å². The number of thiazole rings is 1. The minimum absolute atomic E-state index is 0.0825. The molecular weight excluding hydrogens is 402 g/mol. The summed E-state index contributed by atoms with van der Waals surface area (Å²) < 4.78 is 0.947. The van der Waals surface area contributed by atoms with E-state index >= 15 is 0 Å². The lowest BCUT2D eigenvalue weighted by atomic mass is 10.2. The standard InChI is InChI=1S/C19H14ClN3O2S2/c20-12-5-7-13(8-6-12)22-18(25)11-26-10-16(24)14(9-21)19-23-15-3-1-2-4-17(15)27-19/h1-8,24H,10-11H2,(H,22,25)/b16-14-. The van der Waals surface area contributed by atoms with Gasteiger partial charge in [-0.3, -0.25) is 4.79 Å². The van der Waals surface area contributed by atoms with E-state index < -0.39 is 0 Å². The Kier molecular flexibility index (Phi) is 6.35. The van der Waals surface area contributed by atoms with Crippen LogP contribution in [0.15, 0.2) is 54.3 Å². The van der Waals surface area contributed by atoms with E-state index in [-0.39, 0.29) is 28.7 Å². The Balaban J connectivity index is 1.60. The molecule has 0 atom stereocenters. The number of nitrogens with zero attached hydrogens (tertiary/aromatic N) is 2. The fourth-order valence-electron chi connectivity index (χ4n) is 2.26. The maximum atomic E-state index is 12.0. The van der Waals surface area contributed by atoms with Crippen molar-refractivity contribution in [2.75, 3.05) is 16.8 Å². The summed E-state index contributed by atoms with van der Waals surface area (Å²) in [5, 5.41) is 23.5. The number of amides is 1. The van der Waals surface area contributed by atoms with Gasteiger partial charge < -0.3 is 10.4 Å². The average Bonchev–Trinajstić information content (AvgIpc) is 3.08. The van der Waals surface area contributed by atoms with Crippen molar-refractivity contribution in [3.05, 3.63) is 64.3 Å². The van der Waals surface area contributed by atoms with Crippen LogP contribution in [0.5, 0.6) is 0 Å². The van der Waals surface area contributed by atoms with Gasteiger partial charge in [-0.05, 0) is 36.4 Å². The number of halogens is 1. The van der Waals surface area contributed by atoms with Gasteiger partial charge in [0.25, 0.3) is 0 Å². The number of nitriles is 1. The number of hydrogen-bond acceptors (Lipinski definition) is 6. The zero-order chi connectivity index (χ0) is 19.2. The lowest BCUT2D eigenvalue weighted by Crippen LogP contribution is -2.14. The lowest BCUT2D eigenvalue weighted by Gasteiger charge is -2.05. The Morgan fingerprint density at radius 3 is 2.67 bits per heavy atom. The number of benzene rings is 2. The van der Waals surface area contributed by atoms with Crippen molar-refractivity contribution in [2.45, 2.75) is 0 Å². The number of carbonyl (C=O) groups excluding carboxylic acids is 1. The highest BCUT2D eigenvalue weighted by molar-refractivity contribution is 8.00. The molecule has 0 saturated heterocycles. The number of anilines is 1. The number of rotatable bonds is 6. The summed E-state index contributed by atoms with van der Waals surface area (Å²) in [7, 11) is 0. The van der Waals surface area contributed by atoms with Gasteiger partial charge in [-0.1, -0.05) is 23.7 Å². The summed E-state index contributed by atoms with van der Waals surface area (Å²) in [6.45, 7) is 0. The molecule has 8 heteroatoms. The molecule has 27 heavy (non-hydrogen) atoms. The van der Waals surface area contributed by atoms with Gasteiger partial charge in [0.2, 0.25) is 5.91 Å². The van der Waals surface area contributed by atoms with E-state index in [1.165, 1.54) is 23.1 Å². The van der Waals surface area contributed by atoms with Gasteiger partial charge in [-0.25, -0.2) is 4.98 Å². The van der Waals surface area contributed by atoms with E-state index in [1.54, 1.807) is 24.3 Å². The summed E-state index contributed by atoms with van der Waals surface area (Å²) in [6, 6.07) is 16.4. The number of allylic oxidation sites excluding steroid dienone is 1. The van der Waals surface area contributed by atoms with Gasteiger partial charge in [0.1, 0.15) is 22.4 Å². The first-order valence-electron chi connectivity index (χ1n) is 7.88. The Morgan fingerprint density at radius 1 is 1.22 bits per heavy atom. The van der Waals surface area contributed by atoms with Crippen LogP contribution in [0.2, 0.25) is 5.02 Å². The van der Waals surface area contributed by atoms with E-state index in [0.717, 1.165) is 10.2 Å². The number of thioether (sulfide) groups is 1. The molecule has 1 aromatic heterocycles. The molecule has 136 valence electrons. The predicted molar refractivity (Wildman–Crippen MR) is 112 cm³/mol. The van der Waals surface area contributed by atoms with E-state index in [9.17, 15) is 15.2 Å². The Labute approximate surface area is 169 Å². The van der Waals surface area contributed by atoms with E-state index in [4.69, 9.17) is 11.6 Å². The molecule has 1 heterocycles. The van der Waals surface area contributed by atoms with Crippen LogP contribution in [-0.2, 0) is 4.79 Å². The highest BCUT2D eigenvalue weighted by atomic mass is 35.5. The zero-order valence-corrected chi connectivity index (χ0v) is 16.4. The van der Waals surface area contributed by atoms with Gasteiger partial charge in [0, 0.05) is 10.7 Å². The first kappa shape index (κ1) is 19.2. The second kappa shape index (κ2) is 8.91. The van der Waals surface area contributed by atoms with Crippen LogP contribution in [0.1, 0.15) is 5.01 Å². The first-order chi connectivity index (χ1) is 13.1. The molecule has 0 aliphatic carbocycles. The third kappa shape index (κ3) is 5.01. The van der Waals surface area contributed by atoms with Gasteiger partial charge in [-0.2, -0.15) is 5.26 Å². The quantitative estimate of drug-likeness (QED) is 0.431. The number of carbonyl (C=O) groups is 1. The smallest absolute Gasteiger partial charge is 0.234 e. The van der Waals surface area contributed by atoms with Crippen LogP contribution in [0.3, 0.4) is 0 Å². The first-order valence-corrected chi connectivity index (χ1v) is 10.2. The minimum atomic E-state index is -0.200. The molecule has 3 rings (SSSR count). The summed E-state index contributed by atoms with van der Waals surface area (Å²) in [5.74, 6) is 0.00688. The van der Waals surface area contributed by atoms with Crippen LogP contribution in [0.4, 0.5) is 5.69 Å². The highest BCUT2D eigenvalue weighted by Gasteiger charge is 2.14. The van der Waals surface area contributed by atoms with Crippen LogP contribution in [-0.4, -0.2) is 27.5 Å². The van der Waals surface area contributed by atoms with Crippen molar-refractivity contribution in [2.24, 2.45) is 0 Å². The maximum absolute atomic E-state index is 12.0. The summed E-state index contributed by atoms with van der Waals surface area (Å²) in [6.07, 6.45) is 0. The van der Waals surface area contributed by atoms with Crippen molar-refractivity contribution >= 4 is 62.1 Å². The molecule has 1 amide bonds. The number of aliphatic hydroxyl groups excluding tert-OH is 1. The van der Waals surface area contributed by atoms with Crippen molar-refractivity contribution in [1.29, 1.82) is 5.26 Å². The monoisotopic (exact) mass is 415 g/mol. The highest BCUT2D eigenvalue weighted by Crippen LogP contribution is 2.28. The molecule has 0 aliphatic heterocycles. The largest absolute Gasteiger partial charge is 0.510 e. The van der Waals surface area contributed by atoms with Gasteiger partial charge >= 0.3 is 0 Å². The number of hydrogen-bond donors (Lipinski definition) is 2. The summed E-state index contributed by atoms with van der Waals surface area (Å²) in [4.78, 5) is 16.4. The lowest BCUT2D eigenvalue weighted by molar-refractivity contribution is -0.113. The molecule has 3 aromatic rings. The molecule has 0 unspecified atom stereocenters. The maximum Gasteiger partial charge on any atom is 0.234 e. The van der Waals surface area contributed by atoms with Crippen LogP contribution in [0, 0.1) is 11.3 Å². The van der Waals surface area contributed by atoms with E-state index in [1.807, 2.05) is 30.3 Å². The number of aliphatic hydroxyl groups is 1. The molecule has 0 bridgehead atoms. The second-order valence-corrected chi connectivity index (χ2v) is 7.92. The molecule has 2 aromatic carbocycles. The fraction of sp³-hybridized carbons (Fsp3) is 0.105. The zero-order valence-electron chi connectivity index (χ0n) is 14.0. The minimum Gasteiger partial charge on any atom is -0.510 e. The number of fused-ring (bicyclic) bond motifs is 1. The SMILES string of the molecule is N#C/C(=C(/O)CSCC(=O)Nc1ccc(Cl)cc1)c1nc2ccccc2s1. The third-order valence-corrected chi connectivity index (χ3v) is 5.76. The summed E-state index contributed by atoms with van der Waals surface area (Å²) >= 11 is 8.37. The van der Waals surface area contributed by atoms with Gasteiger partial charge in [0.05, 0.1) is 21.7 Å². The second-order valence-electron chi connectivity index (χ2n) is 5.47. The summed E-state index contributed by atoms with van der Waals surface area (Å²) in [5.41, 5.74) is 1.58. The third-order valence-electron chi connectivity index (χ3n) is 3.51. The van der Waals surface area contributed by atoms with Crippen molar-refractivity contribution in [3.63, 3.8) is 0 Å². The predicted octanol–water partition coefficient (Wildman–Crippen LogP) is 5.11. The molecule has 0 spiro atoms. The molecule has 2 N–H and O–H groups in total. The Bertz CT molecular complexity index is 1010.